The number of oxazole rings is 1. The molecule has 0 amide bonds. The predicted molar refractivity (Wildman–Crippen MR) is 89.5 cm³/mol. The molecule has 0 bridgehead atoms. The number of rotatable bonds is 5. The van der Waals surface area contributed by atoms with Gasteiger partial charge in [-0.25, -0.2) is 4.98 Å². The summed E-state index contributed by atoms with van der Waals surface area (Å²) in [5, 5.41) is 0.707. The number of methoxy groups -OCH3 is 1. The topological polar surface area (TPSA) is 35.3 Å². The minimum Gasteiger partial charge on any atom is -0.497 e. The van der Waals surface area contributed by atoms with E-state index in [4.69, 9.17) is 20.8 Å². The molecule has 0 saturated carbocycles. The van der Waals surface area contributed by atoms with Crippen LogP contribution in [0.3, 0.4) is 0 Å². The number of ether oxygens (including phenoxy) is 1. The van der Waals surface area contributed by atoms with Crippen LogP contribution in [0.25, 0.3) is 11.3 Å². The fourth-order valence-corrected chi connectivity index (χ4v) is 2.82. The van der Waals surface area contributed by atoms with Crippen molar-refractivity contribution in [2.75, 3.05) is 7.11 Å². The van der Waals surface area contributed by atoms with E-state index in [1.165, 1.54) is 0 Å². The van der Waals surface area contributed by atoms with Crippen molar-refractivity contribution in [2.45, 2.75) is 10.6 Å². The van der Waals surface area contributed by atoms with Crippen LogP contribution in [0.1, 0.15) is 5.89 Å². The maximum atomic E-state index is 5.88. The molecule has 0 fully saturated rings. The standard InChI is InChI=1S/C17H14ClNO2S/c1-20-14-6-8-15(9-7-14)22-11-17-19-10-16(21-17)12-2-4-13(18)5-3-12/h2-10H,11H2,1H3. The summed E-state index contributed by atoms with van der Waals surface area (Å²) in [6.45, 7) is 0. The number of aromatic nitrogens is 1. The van der Waals surface area contributed by atoms with E-state index in [-0.39, 0.29) is 0 Å². The van der Waals surface area contributed by atoms with E-state index >= 15 is 0 Å². The van der Waals surface area contributed by atoms with Gasteiger partial charge in [-0.15, -0.1) is 11.8 Å². The molecule has 0 unspecified atom stereocenters. The van der Waals surface area contributed by atoms with Crippen LogP contribution in [-0.2, 0) is 5.75 Å². The van der Waals surface area contributed by atoms with Crippen molar-refractivity contribution in [3.05, 3.63) is 65.6 Å². The minimum atomic E-state index is 0.680. The van der Waals surface area contributed by atoms with Gasteiger partial charge < -0.3 is 9.15 Å². The fourth-order valence-electron chi connectivity index (χ4n) is 1.94. The van der Waals surface area contributed by atoms with Gasteiger partial charge in [0.25, 0.3) is 0 Å². The summed E-state index contributed by atoms with van der Waals surface area (Å²) < 4.78 is 10.9. The van der Waals surface area contributed by atoms with E-state index in [1.807, 2.05) is 48.5 Å². The second-order valence-corrected chi connectivity index (χ2v) is 6.07. The van der Waals surface area contributed by atoms with Crippen LogP contribution < -0.4 is 4.74 Å². The van der Waals surface area contributed by atoms with Gasteiger partial charge in [-0.2, -0.15) is 0 Å². The zero-order valence-electron chi connectivity index (χ0n) is 12.0. The molecule has 1 aromatic heterocycles. The minimum absolute atomic E-state index is 0.680. The lowest BCUT2D eigenvalue weighted by atomic mass is 10.2. The molecular weight excluding hydrogens is 318 g/mol. The molecule has 0 saturated heterocycles. The van der Waals surface area contributed by atoms with Gasteiger partial charge in [0.05, 0.1) is 19.1 Å². The summed E-state index contributed by atoms with van der Waals surface area (Å²) in [4.78, 5) is 5.46. The highest BCUT2D eigenvalue weighted by Gasteiger charge is 2.07. The van der Waals surface area contributed by atoms with Gasteiger partial charge in [0.15, 0.2) is 5.76 Å². The van der Waals surface area contributed by atoms with Crippen LogP contribution in [0.5, 0.6) is 5.75 Å². The number of thioether (sulfide) groups is 1. The van der Waals surface area contributed by atoms with Crippen molar-refractivity contribution in [3.63, 3.8) is 0 Å². The molecule has 112 valence electrons. The molecule has 3 rings (SSSR count). The highest BCUT2D eigenvalue weighted by molar-refractivity contribution is 7.98. The van der Waals surface area contributed by atoms with Crippen molar-refractivity contribution >= 4 is 23.4 Å². The van der Waals surface area contributed by atoms with Gasteiger partial charge in [-0.05, 0) is 48.5 Å². The van der Waals surface area contributed by atoms with Gasteiger partial charge in [0.2, 0.25) is 5.89 Å². The lowest BCUT2D eigenvalue weighted by Gasteiger charge is -2.01. The first-order chi connectivity index (χ1) is 10.7. The Balaban J connectivity index is 1.65. The summed E-state index contributed by atoms with van der Waals surface area (Å²) in [5.74, 6) is 2.98. The quantitative estimate of drug-likeness (QED) is 0.594. The molecule has 0 atom stereocenters. The molecule has 1 heterocycles. The molecule has 3 nitrogen and oxygen atoms in total. The third-order valence-corrected chi connectivity index (χ3v) is 4.35. The van der Waals surface area contributed by atoms with E-state index in [2.05, 4.69) is 4.98 Å². The molecule has 0 radical (unpaired) electrons. The number of hydrogen-bond donors (Lipinski definition) is 0. The number of benzene rings is 2. The molecule has 0 aliphatic rings. The summed E-state index contributed by atoms with van der Waals surface area (Å²) in [5.41, 5.74) is 0.970. The van der Waals surface area contributed by atoms with Crippen molar-refractivity contribution in [1.82, 2.24) is 4.98 Å². The number of nitrogens with zero attached hydrogens (tertiary/aromatic N) is 1. The third kappa shape index (κ3) is 3.64. The largest absolute Gasteiger partial charge is 0.497 e. The third-order valence-electron chi connectivity index (χ3n) is 3.10. The molecule has 0 spiro atoms. The number of hydrogen-bond acceptors (Lipinski definition) is 4. The number of halogens is 1. The Labute approximate surface area is 138 Å². The average molecular weight is 332 g/mol. The Bertz CT molecular complexity index is 738. The van der Waals surface area contributed by atoms with E-state index in [0.29, 0.717) is 16.7 Å². The smallest absolute Gasteiger partial charge is 0.205 e. The highest BCUT2D eigenvalue weighted by atomic mass is 35.5. The van der Waals surface area contributed by atoms with Crippen LogP contribution in [-0.4, -0.2) is 12.1 Å². The summed E-state index contributed by atoms with van der Waals surface area (Å²) in [6, 6.07) is 15.4. The Kier molecular flexibility index (Phi) is 4.71. The molecule has 22 heavy (non-hydrogen) atoms. The summed E-state index contributed by atoms with van der Waals surface area (Å²) in [7, 11) is 1.66. The molecule has 0 N–H and O–H groups in total. The van der Waals surface area contributed by atoms with Crippen LogP contribution >= 0.6 is 23.4 Å². The fraction of sp³-hybridized carbons (Fsp3) is 0.118. The van der Waals surface area contributed by atoms with E-state index in [0.717, 1.165) is 22.0 Å². The van der Waals surface area contributed by atoms with Crippen LogP contribution in [0.4, 0.5) is 0 Å². The SMILES string of the molecule is COc1ccc(SCc2ncc(-c3ccc(Cl)cc3)o2)cc1. The Morgan fingerprint density at radius 2 is 1.82 bits per heavy atom. The van der Waals surface area contributed by atoms with Crippen LogP contribution in [0.2, 0.25) is 5.02 Å². The van der Waals surface area contributed by atoms with Gasteiger partial charge in [0.1, 0.15) is 5.75 Å². The molecule has 0 aliphatic heterocycles. The first kappa shape index (κ1) is 15.0. The van der Waals surface area contributed by atoms with Gasteiger partial charge >= 0.3 is 0 Å². The zero-order valence-corrected chi connectivity index (χ0v) is 13.5. The van der Waals surface area contributed by atoms with Crippen molar-refractivity contribution in [2.24, 2.45) is 0 Å². The van der Waals surface area contributed by atoms with Crippen molar-refractivity contribution in [3.8, 4) is 17.1 Å². The van der Waals surface area contributed by atoms with Crippen molar-refractivity contribution in [1.29, 1.82) is 0 Å². The Hall–Kier alpha value is -1.91. The molecule has 3 aromatic rings. The second-order valence-electron chi connectivity index (χ2n) is 4.59. The maximum Gasteiger partial charge on any atom is 0.205 e. The van der Waals surface area contributed by atoms with Crippen LogP contribution in [0.15, 0.2) is 64.0 Å². The first-order valence-electron chi connectivity index (χ1n) is 6.72. The van der Waals surface area contributed by atoms with Crippen molar-refractivity contribution < 1.29 is 9.15 Å². The van der Waals surface area contributed by atoms with Crippen LogP contribution in [0, 0.1) is 0 Å². The molecule has 2 aromatic carbocycles. The van der Waals surface area contributed by atoms with Gasteiger partial charge in [-0.3, -0.25) is 0 Å². The van der Waals surface area contributed by atoms with Gasteiger partial charge in [0, 0.05) is 15.5 Å². The summed E-state index contributed by atoms with van der Waals surface area (Å²) in [6.07, 6.45) is 1.74. The first-order valence-corrected chi connectivity index (χ1v) is 8.08. The zero-order chi connectivity index (χ0) is 15.4. The monoisotopic (exact) mass is 331 g/mol. The molecule has 5 heteroatoms. The second kappa shape index (κ2) is 6.90. The van der Waals surface area contributed by atoms with E-state index in [1.54, 1.807) is 25.1 Å². The Morgan fingerprint density at radius 1 is 1.09 bits per heavy atom. The van der Waals surface area contributed by atoms with E-state index < -0.39 is 0 Å². The molecule has 0 aliphatic carbocycles. The Morgan fingerprint density at radius 3 is 2.50 bits per heavy atom. The molecular formula is C17H14ClNO2S. The maximum absolute atomic E-state index is 5.88. The van der Waals surface area contributed by atoms with Gasteiger partial charge in [-0.1, -0.05) is 11.6 Å². The highest BCUT2D eigenvalue weighted by Crippen LogP contribution is 2.27. The summed E-state index contributed by atoms with van der Waals surface area (Å²) >= 11 is 7.56. The van der Waals surface area contributed by atoms with E-state index in [9.17, 15) is 0 Å². The lowest BCUT2D eigenvalue weighted by molar-refractivity contribution is 0.414. The average Bonchev–Trinajstić information content (AvgIpc) is 3.03. The normalized spacial score (nSPS) is 10.6. The predicted octanol–water partition coefficient (Wildman–Crippen LogP) is 5.30. The lowest BCUT2D eigenvalue weighted by Crippen LogP contribution is -1.82.